The molecule has 0 aliphatic rings. The summed E-state index contributed by atoms with van der Waals surface area (Å²) < 4.78 is 68.4. The average Bonchev–Trinajstić information content (AvgIpc) is 2.73. The minimum absolute atomic E-state index is 0.108. The first-order valence-electron chi connectivity index (χ1n) is 38.3. The van der Waals surface area contributed by atoms with Gasteiger partial charge in [-0.15, -0.1) is 0 Å². The molecule has 0 bridgehead atoms. The van der Waals surface area contributed by atoms with Crippen molar-refractivity contribution in [1.29, 1.82) is 0 Å². The van der Waals surface area contributed by atoms with E-state index in [9.17, 15) is 43.2 Å². The second-order valence-corrected chi connectivity index (χ2v) is 29.2. The van der Waals surface area contributed by atoms with Crippen LogP contribution in [0.5, 0.6) is 0 Å². The molecule has 0 fully saturated rings. The van der Waals surface area contributed by atoms with E-state index in [1.165, 1.54) is 218 Å². The Balaban J connectivity index is 5.24. The van der Waals surface area contributed by atoms with E-state index >= 15 is 0 Å². The molecule has 0 rings (SSSR count). The lowest BCUT2D eigenvalue weighted by Gasteiger charge is -2.21. The summed E-state index contributed by atoms with van der Waals surface area (Å²) in [6, 6.07) is 0. The summed E-state index contributed by atoms with van der Waals surface area (Å²) in [6.45, 7) is 4.98. The zero-order valence-electron chi connectivity index (χ0n) is 59.5. The molecule has 0 radical (unpaired) electrons. The zero-order chi connectivity index (χ0) is 67.5. The number of hydrogen-bond donors (Lipinski definition) is 3. The molecule has 0 aromatic carbocycles. The van der Waals surface area contributed by atoms with E-state index in [-0.39, 0.29) is 25.7 Å². The Morgan fingerprint density at radius 3 is 0.641 bits per heavy atom. The first-order chi connectivity index (χ1) is 44.7. The van der Waals surface area contributed by atoms with Crippen molar-refractivity contribution in [2.45, 2.75) is 406 Å². The Morgan fingerprint density at radius 2 is 0.435 bits per heavy atom. The Morgan fingerprint density at radius 1 is 0.261 bits per heavy atom. The smallest absolute Gasteiger partial charge is 0.462 e. The number of ether oxygens (including phenoxy) is 4. The highest BCUT2D eigenvalue weighted by atomic mass is 31.2. The van der Waals surface area contributed by atoms with Crippen LogP contribution in [-0.4, -0.2) is 96.7 Å². The van der Waals surface area contributed by atoms with Gasteiger partial charge in [-0.05, 0) is 25.7 Å². The lowest BCUT2D eigenvalue weighted by molar-refractivity contribution is -0.161. The van der Waals surface area contributed by atoms with Crippen LogP contribution in [0.2, 0.25) is 0 Å². The number of unbranched alkanes of at least 4 members (excludes halogenated alkanes) is 48. The third-order valence-corrected chi connectivity index (χ3v) is 19.0. The van der Waals surface area contributed by atoms with E-state index in [4.69, 9.17) is 37.0 Å². The van der Waals surface area contributed by atoms with Gasteiger partial charge in [-0.25, -0.2) is 9.13 Å². The summed E-state index contributed by atoms with van der Waals surface area (Å²) >= 11 is 0. The van der Waals surface area contributed by atoms with Crippen molar-refractivity contribution in [3.8, 4) is 0 Å². The number of esters is 4. The van der Waals surface area contributed by atoms with Crippen molar-refractivity contribution >= 4 is 39.5 Å². The Bertz CT molecular complexity index is 1760. The largest absolute Gasteiger partial charge is 0.472 e. The van der Waals surface area contributed by atoms with E-state index in [2.05, 4.69) is 27.7 Å². The molecular formula is C73H142O17P2. The number of carbonyl (C=O) groups excluding carboxylic acids is 4. The lowest BCUT2D eigenvalue weighted by atomic mass is 10.0. The molecule has 0 saturated heterocycles. The van der Waals surface area contributed by atoms with Gasteiger partial charge in [0, 0.05) is 25.7 Å². The summed E-state index contributed by atoms with van der Waals surface area (Å²) in [5.41, 5.74) is 0. The van der Waals surface area contributed by atoms with Crippen molar-refractivity contribution < 1.29 is 80.2 Å². The number of rotatable bonds is 74. The van der Waals surface area contributed by atoms with Crippen LogP contribution >= 0.6 is 15.6 Å². The molecule has 0 heterocycles. The van der Waals surface area contributed by atoms with Gasteiger partial charge in [0.25, 0.3) is 0 Å². The molecule has 19 heteroatoms. The molecule has 17 nitrogen and oxygen atoms in total. The second kappa shape index (κ2) is 67.6. The quantitative estimate of drug-likeness (QED) is 0.0222. The molecule has 546 valence electrons. The number of hydrogen-bond acceptors (Lipinski definition) is 15. The van der Waals surface area contributed by atoms with Gasteiger partial charge in [0.05, 0.1) is 26.4 Å². The van der Waals surface area contributed by atoms with Gasteiger partial charge in [0.1, 0.15) is 19.3 Å². The Kier molecular flexibility index (Phi) is 66.2. The van der Waals surface area contributed by atoms with Gasteiger partial charge >= 0.3 is 39.5 Å². The average molecular weight is 1350 g/mol. The predicted octanol–water partition coefficient (Wildman–Crippen LogP) is 21.4. The minimum atomic E-state index is -4.95. The number of aliphatic hydroxyl groups excluding tert-OH is 1. The predicted molar refractivity (Wildman–Crippen MR) is 372 cm³/mol. The maximum absolute atomic E-state index is 13.0. The van der Waals surface area contributed by atoms with Crippen LogP contribution in [0.3, 0.4) is 0 Å². The molecule has 0 spiro atoms. The maximum atomic E-state index is 13.0. The summed E-state index contributed by atoms with van der Waals surface area (Å²) in [5, 5.41) is 10.6. The monoisotopic (exact) mass is 1350 g/mol. The number of phosphoric ester groups is 2. The van der Waals surface area contributed by atoms with E-state index in [1.807, 2.05) is 0 Å². The van der Waals surface area contributed by atoms with Crippen LogP contribution in [0.4, 0.5) is 0 Å². The Hall–Kier alpha value is -1.94. The van der Waals surface area contributed by atoms with Crippen LogP contribution < -0.4 is 0 Å². The van der Waals surface area contributed by atoms with Crippen molar-refractivity contribution in [3.63, 3.8) is 0 Å². The summed E-state index contributed by atoms with van der Waals surface area (Å²) in [5.74, 6) is -2.11. The number of phosphoric acid groups is 2. The fraction of sp³-hybridized carbons (Fsp3) is 0.945. The van der Waals surface area contributed by atoms with E-state index in [0.29, 0.717) is 25.7 Å². The van der Waals surface area contributed by atoms with Crippen molar-refractivity contribution in [1.82, 2.24) is 0 Å². The molecule has 0 aromatic heterocycles. The molecule has 0 aliphatic carbocycles. The van der Waals surface area contributed by atoms with Crippen LogP contribution in [0.15, 0.2) is 0 Å². The van der Waals surface area contributed by atoms with Gasteiger partial charge in [-0.1, -0.05) is 336 Å². The number of aliphatic hydroxyl groups is 1. The highest BCUT2D eigenvalue weighted by molar-refractivity contribution is 7.47. The SMILES string of the molecule is CCCCCCCCCCCCCCCCCC(=O)OCC(COP(=O)(O)OCC(O)COP(=O)(O)OCC(COC(=O)CCCCCCCCCCCCCCC)OC(=O)CCCCCCCCCCCCC)OC(=O)CCCCCCCCCCCCCCC. The molecular weight excluding hydrogens is 1210 g/mol. The molecule has 5 atom stereocenters. The van der Waals surface area contributed by atoms with Crippen molar-refractivity contribution in [2.75, 3.05) is 39.6 Å². The molecule has 0 amide bonds. The first kappa shape index (κ1) is 90.1. The summed E-state index contributed by atoms with van der Waals surface area (Å²) in [7, 11) is -9.90. The number of carbonyl (C=O) groups is 4. The van der Waals surface area contributed by atoms with E-state index in [1.54, 1.807) is 0 Å². The Labute approximate surface area is 562 Å². The van der Waals surface area contributed by atoms with E-state index in [0.717, 1.165) is 89.9 Å². The fourth-order valence-electron chi connectivity index (χ4n) is 11.2. The first-order valence-corrected chi connectivity index (χ1v) is 41.3. The standard InChI is InChI=1S/C73H142O17P2/c1-5-9-13-17-21-25-29-32-33-36-39-42-46-50-54-58-71(76)84-64-69(90-73(78)60-56-52-48-44-40-35-31-27-23-19-15-11-7-3)66-88-92(81,82)86-62-67(74)61-85-91(79,80)87-65-68(89-72(77)59-55-51-47-43-37-28-24-20-16-12-8-4)63-83-70(75)57-53-49-45-41-38-34-30-26-22-18-14-10-6-2/h67-69,74H,5-66H2,1-4H3,(H,79,80)(H,81,82). The zero-order valence-corrected chi connectivity index (χ0v) is 61.3. The molecule has 5 unspecified atom stereocenters. The van der Waals surface area contributed by atoms with Crippen molar-refractivity contribution in [2.24, 2.45) is 0 Å². The third-order valence-electron chi connectivity index (χ3n) is 17.1. The van der Waals surface area contributed by atoms with Crippen molar-refractivity contribution in [3.05, 3.63) is 0 Å². The van der Waals surface area contributed by atoms with Crippen LogP contribution in [0.1, 0.15) is 387 Å². The van der Waals surface area contributed by atoms with E-state index < -0.39 is 97.5 Å². The third kappa shape index (κ3) is 66.7. The lowest BCUT2D eigenvalue weighted by Crippen LogP contribution is -2.30. The van der Waals surface area contributed by atoms with Crippen LogP contribution in [0.25, 0.3) is 0 Å². The van der Waals surface area contributed by atoms with Gasteiger partial charge in [0.2, 0.25) is 0 Å². The maximum Gasteiger partial charge on any atom is 0.472 e. The van der Waals surface area contributed by atoms with Gasteiger partial charge in [-0.2, -0.15) is 0 Å². The second-order valence-electron chi connectivity index (χ2n) is 26.3. The molecule has 0 aromatic rings. The molecule has 0 saturated carbocycles. The molecule has 92 heavy (non-hydrogen) atoms. The van der Waals surface area contributed by atoms with Gasteiger partial charge in [-0.3, -0.25) is 37.3 Å². The molecule has 3 N–H and O–H groups in total. The summed E-state index contributed by atoms with van der Waals surface area (Å²) in [6.07, 6.45) is 56.6. The van der Waals surface area contributed by atoms with Crippen LogP contribution in [-0.2, 0) is 65.4 Å². The molecule has 0 aliphatic heterocycles. The van der Waals surface area contributed by atoms with Gasteiger partial charge < -0.3 is 33.8 Å². The van der Waals surface area contributed by atoms with Crippen LogP contribution in [0, 0.1) is 0 Å². The highest BCUT2D eigenvalue weighted by Gasteiger charge is 2.30. The minimum Gasteiger partial charge on any atom is -0.462 e. The van der Waals surface area contributed by atoms with Gasteiger partial charge in [0.15, 0.2) is 12.2 Å². The topological polar surface area (TPSA) is 237 Å². The fourth-order valence-corrected chi connectivity index (χ4v) is 12.8. The highest BCUT2D eigenvalue weighted by Crippen LogP contribution is 2.45. The normalized spacial score (nSPS) is 13.9. The summed E-state index contributed by atoms with van der Waals surface area (Å²) in [4.78, 5) is 72.7.